The summed E-state index contributed by atoms with van der Waals surface area (Å²) in [6.45, 7) is 0.840. The molecule has 0 amide bonds. The molecule has 2 N–H and O–H groups in total. The zero-order valence-electron chi connectivity index (χ0n) is 13.2. The lowest BCUT2D eigenvalue weighted by molar-refractivity contribution is 0.679. The fraction of sp³-hybridized carbons (Fsp3) is 0.353. The second-order valence-electron chi connectivity index (χ2n) is 5.73. The zero-order chi connectivity index (χ0) is 16.8. The van der Waals surface area contributed by atoms with Crippen molar-refractivity contribution in [2.75, 3.05) is 17.2 Å². The van der Waals surface area contributed by atoms with Crippen LogP contribution >= 0.6 is 23.2 Å². The third-order valence-corrected chi connectivity index (χ3v) is 4.25. The predicted molar refractivity (Wildman–Crippen MR) is 99.2 cm³/mol. The van der Waals surface area contributed by atoms with Crippen molar-refractivity contribution in [3.63, 3.8) is 0 Å². The van der Waals surface area contributed by atoms with Crippen LogP contribution in [0.2, 0.25) is 10.0 Å². The number of nitrogens with zero attached hydrogens (tertiary/aromatic N) is 3. The monoisotopic (exact) mass is 363 g/mol. The molecule has 1 aliphatic rings. The van der Waals surface area contributed by atoms with E-state index in [-0.39, 0.29) is 0 Å². The van der Waals surface area contributed by atoms with Gasteiger partial charge in [0.05, 0.1) is 6.20 Å². The summed E-state index contributed by atoms with van der Waals surface area (Å²) >= 11 is 12.0. The maximum Gasteiger partial charge on any atom is 0.249 e. The summed E-state index contributed by atoms with van der Waals surface area (Å²) in [6, 6.07) is 5.18. The van der Waals surface area contributed by atoms with E-state index in [2.05, 4.69) is 31.9 Å². The van der Waals surface area contributed by atoms with Gasteiger partial charge in [-0.3, -0.25) is 0 Å². The lowest BCUT2D eigenvalue weighted by Crippen LogP contribution is -2.08. The second kappa shape index (κ2) is 8.31. The third kappa shape index (κ3) is 5.08. The maximum absolute atomic E-state index is 5.99. The first kappa shape index (κ1) is 17.0. The van der Waals surface area contributed by atoms with E-state index in [4.69, 9.17) is 23.2 Å². The molecular weight excluding hydrogens is 345 g/mol. The van der Waals surface area contributed by atoms with Crippen LogP contribution in [0.3, 0.4) is 0 Å². The van der Waals surface area contributed by atoms with Gasteiger partial charge in [0.15, 0.2) is 5.82 Å². The van der Waals surface area contributed by atoms with Crippen LogP contribution in [0.15, 0.2) is 36.0 Å². The molecule has 0 saturated heterocycles. The van der Waals surface area contributed by atoms with Crippen molar-refractivity contribution in [1.82, 2.24) is 15.2 Å². The van der Waals surface area contributed by atoms with E-state index >= 15 is 0 Å². The highest BCUT2D eigenvalue weighted by atomic mass is 35.5. The molecule has 0 aliphatic heterocycles. The Hall–Kier alpha value is -1.85. The van der Waals surface area contributed by atoms with E-state index in [1.807, 2.05) is 0 Å². The van der Waals surface area contributed by atoms with Crippen LogP contribution < -0.4 is 10.6 Å². The Labute approximate surface area is 151 Å². The predicted octanol–water partition coefficient (Wildman–Crippen LogP) is 5.22. The van der Waals surface area contributed by atoms with Gasteiger partial charge in [-0.25, -0.2) is 0 Å². The van der Waals surface area contributed by atoms with Gasteiger partial charge in [0, 0.05) is 22.3 Å². The number of anilines is 3. The topological polar surface area (TPSA) is 62.7 Å². The minimum Gasteiger partial charge on any atom is -0.368 e. The van der Waals surface area contributed by atoms with Crippen molar-refractivity contribution >= 4 is 40.7 Å². The van der Waals surface area contributed by atoms with Gasteiger partial charge in [-0.05, 0) is 50.3 Å². The van der Waals surface area contributed by atoms with Crippen LogP contribution in [0.25, 0.3) is 0 Å². The molecular formula is C17H19Cl2N5. The quantitative estimate of drug-likeness (QED) is 0.688. The van der Waals surface area contributed by atoms with Gasteiger partial charge in [0.2, 0.25) is 5.95 Å². The summed E-state index contributed by atoms with van der Waals surface area (Å²) in [6.07, 6.45) is 10.1. The number of halogens is 2. The molecule has 0 fully saturated rings. The maximum atomic E-state index is 5.99. The lowest BCUT2D eigenvalue weighted by atomic mass is 9.97. The standard InChI is InChI=1S/C17H19Cl2N5/c18-13-8-14(19)10-15(9-13)22-17-23-16(11-21-24-17)20-7-6-12-4-2-1-3-5-12/h4,8-11H,1-3,5-7H2,(H2,20,22,23,24). The summed E-state index contributed by atoms with van der Waals surface area (Å²) < 4.78 is 0. The zero-order valence-corrected chi connectivity index (χ0v) is 14.7. The number of benzene rings is 1. The normalized spacial score (nSPS) is 14.2. The van der Waals surface area contributed by atoms with Crippen molar-refractivity contribution in [2.24, 2.45) is 0 Å². The minimum absolute atomic E-state index is 0.398. The fourth-order valence-electron chi connectivity index (χ4n) is 2.68. The molecule has 0 radical (unpaired) electrons. The first-order valence-electron chi connectivity index (χ1n) is 8.04. The Bertz CT molecular complexity index is 712. The van der Waals surface area contributed by atoms with Crippen LogP contribution in [0, 0.1) is 0 Å². The molecule has 0 spiro atoms. The molecule has 0 atom stereocenters. The first-order chi connectivity index (χ1) is 11.7. The van der Waals surface area contributed by atoms with Crippen LogP contribution in [0.1, 0.15) is 32.1 Å². The van der Waals surface area contributed by atoms with E-state index in [0.717, 1.165) is 18.7 Å². The highest BCUT2D eigenvalue weighted by molar-refractivity contribution is 6.35. The highest BCUT2D eigenvalue weighted by Crippen LogP contribution is 2.24. The number of aromatic nitrogens is 3. The summed E-state index contributed by atoms with van der Waals surface area (Å²) in [5.74, 6) is 1.09. The first-order valence-corrected chi connectivity index (χ1v) is 8.79. The molecule has 24 heavy (non-hydrogen) atoms. The number of hydrogen-bond acceptors (Lipinski definition) is 5. The summed E-state index contributed by atoms with van der Waals surface area (Å²) in [5.41, 5.74) is 2.25. The van der Waals surface area contributed by atoms with Gasteiger partial charge in [-0.15, -0.1) is 5.10 Å². The Kier molecular flexibility index (Phi) is 5.88. The molecule has 0 bridgehead atoms. The van der Waals surface area contributed by atoms with E-state index in [1.165, 1.54) is 31.3 Å². The summed E-state index contributed by atoms with van der Waals surface area (Å²) in [4.78, 5) is 4.41. The molecule has 126 valence electrons. The SMILES string of the molecule is Clc1cc(Cl)cc(Nc2nncc(NCCC3=CCCCC3)n2)c1. The third-order valence-electron chi connectivity index (χ3n) is 3.81. The van der Waals surface area contributed by atoms with Gasteiger partial charge < -0.3 is 10.6 Å². The highest BCUT2D eigenvalue weighted by Gasteiger charge is 2.05. The van der Waals surface area contributed by atoms with Crippen molar-refractivity contribution in [3.8, 4) is 0 Å². The fourth-order valence-corrected chi connectivity index (χ4v) is 3.21. The molecule has 7 heteroatoms. The molecule has 1 heterocycles. The number of hydrogen-bond donors (Lipinski definition) is 2. The van der Waals surface area contributed by atoms with Crippen molar-refractivity contribution in [1.29, 1.82) is 0 Å². The van der Waals surface area contributed by atoms with Gasteiger partial charge >= 0.3 is 0 Å². The summed E-state index contributed by atoms with van der Waals surface area (Å²) in [7, 11) is 0. The number of rotatable bonds is 6. The Balaban J connectivity index is 1.58. The molecule has 5 nitrogen and oxygen atoms in total. The van der Waals surface area contributed by atoms with Gasteiger partial charge in [0.1, 0.15) is 0 Å². The van der Waals surface area contributed by atoms with Crippen molar-refractivity contribution < 1.29 is 0 Å². The Morgan fingerprint density at radius 1 is 1.08 bits per heavy atom. The van der Waals surface area contributed by atoms with Crippen LogP contribution in [0.4, 0.5) is 17.5 Å². The molecule has 2 aromatic rings. The second-order valence-corrected chi connectivity index (χ2v) is 6.61. The molecule has 1 aromatic carbocycles. The molecule has 1 aromatic heterocycles. The number of nitrogens with one attached hydrogen (secondary N) is 2. The molecule has 3 rings (SSSR count). The van der Waals surface area contributed by atoms with Gasteiger partial charge in [-0.1, -0.05) is 34.9 Å². The van der Waals surface area contributed by atoms with Crippen molar-refractivity contribution in [3.05, 3.63) is 46.1 Å². The largest absolute Gasteiger partial charge is 0.368 e. The Morgan fingerprint density at radius 2 is 1.92 bits per heavy atom. The van der Waals surface area contributed by atoms with E-state index in [9.17, 15) is 0 Å². The Morgan fingerprint density at radius 3 is 2.67 bits per heavy atom. The van der Waals surface area contributed by atoms with E-state index in [0.29, 0.717) is 21.8 Å². The molecule has 0 saturated carbocycles. The number of allylic oxidation sites excluding steroid dienone is 1. The van der Waals surface area contributed by atoms with Crippen LogP contribution in [-0.2, 0) is 0 Å². The van der Waals surface area contributed by atoms with Crippen LogP contribution in [0.5, 0.6) is 0 Å². The molecule has 1 aliphatic carbocycles. The van der Waals surface area contributed by atoms with E-state index in [1.54, 1.807) is 24.4 Å². The molecule has 0 unspecified atom stereocenters. The average molecular weight is 364 g/mol. The lowest BCUT2D eigenvalue weighted by Gasteiger charge is -2.13. The minimum atomic E-state index is 0.398. The van der Waals surface area contributed by atoms with E-state index < -0.39 is 0 Å². The van der Waals surface area contributed by atoms with Gasteiger partial charge in [-0.2, -0.15) is 10.1 Å². The smallest absolute Gasteiger partial charge is 0.249 e. The van der Waals surface area contributed by atoms with Gasteiger partial charge in [0.25, 0.3) is 0 Å². The van der Waals surface area contributed by atoms with Crippen molar-refractivity contribution in [2.45, 2.75) is 32.1 Å². The summed E-state index contributed by atoms with van der Waals surface area (Å²) in [5, 5.41) is 15.4. The average Bonchev–Trinajstić information content (AvgIpc) is 2.55. The van der Waals surface area contributed by atoms with Crippen LogP contribution in [-0.4, -0.2) is 21.7 Å².